The van der Waals surface area contributed by atoms with Crippen LogP contribution in [-0.2, 0) is 0 Å². The number of carbonyl (C=O) groups is 2. The fourth-order valence-corrected chi connectivity index (χ4v) is 2.21. The highest BCUT2D eigenvalue weighted by Gasteiger charge is 2.29. The molecule has 0 atom stereocenters. The molecule has 0 unspecified atom stereocenters. The SMILES string of the molecule is C=CCC1=C(CC)C(=O)c2ccccc2C1=O. The van der Waals surface area contributed by atoms with Crippen molar-refractivity contribution < 1.29 is 9.59 Å². The van der Waals surface area contributed by atoms with Crippen LogP contribution < -0.4 is 0 Å². The van der Waals surface area contributed by atoms with Crippen LogP contribution in [0.15, 0.2) is 48.1 Å². The van der Waals surface area contributed by atoms with E-state index in [1.54, 1.807) is 30.3 Å². The molecule has 0 spiro atoms. The third kappa shape index (κ3) is 1.76. The summed E-state index contributed by atoms with van der Waals surface area (Å²) in [6.07, 6.45) is 2.72. The van der Waals surface area contributed by atoms with Gasteiger partial charge in [0.2, 0.25) is 0 Å². The molecule has 0 radical (unpaired) electrons. The van der Waals surface area contributed by atoms with E-state index in [2.05, 4.69) is 6.58 Å². The maximum absolute atomic E-state index is 12.3. The van der Waals surface area contributed by atoms with E-state index in [0.29, 0.717) is 35.1 Å². The molecule has 2 nitrogen and oxygen atoms in total. The van der Waals surface area contributed by atoms with Crippen molar-refractivity contribution in [2.75, 3.05) is 0 Å². The number of ketones is 2. The summed E-state index contributed by atoms with van der Waals surface area (Å²) in [7, 11) is 0. The first kappa shape index (κ1) is 11.5. The molecule has 0 saturated heterocycles. The molecule has 0 saturated carbocycles. The zero-order valence-electron chi connectivity index (χ0n) is 9.82. The molecule has 2 rings (SSSR count). The molecule has 1 aliphatic rings. The highest BCUT2D eigenvalue weighted by atomic mass is 16.1. The minimum Gasteiger partial charge on any atom is -0.289 e. The van der Waals surface area contributed by atoms with Gasteiger partial charge in [0.05, 0.1) is 0 Å². The smallest absolute Gasteiger partial charge is 0.190 e. The van der Waals surface area contributed by atoms with Crippen LogP contribution in [0.5, 0.6) is 0 Å². The number of hydrogen-bond donors (Lipinski definition) is 0. The Morgan fingerprint density at radius 2 is 1.59 bits per heavy atom. The maximum atomic E-state index is 12.3. The summed E-state index contributed by atoms with van der Waals surface area (Å²) in [6, 6.07) is 7.00. The predicted molar refractivity (Wildman–Crippen MR) is 67.2 cm³/mol. The van der Waals surface area contributed by atoms with Gasteiger partial charge in [0.15, 0.2) is 11.6 Å². The predicted octanol–water partition coefficient (Wildman–Crippen LogP) is 3.35. The van der Waals surface area contributed by atoms with Gasteiger partial charge in [-0.1, -0.05) is 37.3 Å². The van der Waals surface area contributed by atoms with Crippen molar-refractivity contribution >= 4 is 11.6 Å². The molecule has 0 aromatic heterocycles. The largest absolute Gasteiger partial charge is 0.289 e. The Labute approximate surface area is 101 Å². The molecule has 1 aromatic carbocycles. The normalized spacial score (nSPS) is 14.9. The summed E-state index contributed by atoms with van der Waals surface area (Å²) >= 11 is 0. The standard InChI is InChI=1S/C15H14O2/c1-3-7-11-10(4-2)14(16)12-8-5-6-9-13(12)15(11)17/h3,5-6,8-9H,1,4,7H2,2H3. The Kier molecular flexibility index (Phi) is 3.05. The fraction of sp³-hybridized carbons (Fsp3) is 0.200. The summed E-state index contributed by atoms with van der Waals surface area (Å²) < 4.78 is 0. The Balaban J connectivity index is 2.64. The van der Waals surface area contributed by atoms with Crippen LogP contribution >= 0.6 is 0 Å². The van der Waals surface area contributed by atoms with Crippen molar-refractivity contribution in [3.63, 3.8) is 0 Å². The van der Waals surface area contributed by atoms with Crippen molar-refractivity contribution in [2.45, 2.75) is 19.8 Å². The lowest BCUT2D eigenvalue weighted by atomic mass is 9.82. The molecular formula is C15H14O2. The number of allylic oxidation sites excluding steroid dienone is 3. The summed E-state index contributed by atoms with van der Waals surface area (Å²) in [5.41, 5.74) is 2.29. The monoisotopic (exact) mass is 226 g/mol. The highest BCUT2D eigenvalue weighted by Crippen LogP contribution is 2.29. The van der Waals surface area contributed by atoms with Crippen LogP contribution in [0, 0.1) is 0 Å². The first-order valence-corrected chi connectivity index (χ1v) is 5.72. The summed E-state index contributed by atoms with van der Waals surface area (Å²) in [6.45, 7) is 5.54. The highest BCUT2D eigenvalue weighted by molar-refractivity contribution is 6.26. The topological polar surface area (TPSA) is 34.1 Å². The van der Waals surface area contributed by atoms with E-state index in [9.17, 15) is 9.59 Å². The molecule has 0 bridgehead atoms. The van der Waals surface area contributed by atoms with E-state index in [-0.39, 0.29) is 11.6 Å². The molecule has 0 N–H and O–H groups in total. The Morgan fingerprint density at radius 3 is 2.06 bits per heavy atom. The van der Waals surface area contributed by atoms with E-state index in [0.717, 1.165) is 0 Å². The van der Waals surface area contributed by atoms with Gasteiger partial charge in [-0.25, -0.2) is 0 Å². The van der Waals surface area contributed by atoms with E-state index < -0.39 is 0 Å². The van der Waals surface area contributed by atoms with E-state index >= 15 is 0 Å². The van der Waals surface area contributed by atoms with Crippen molar-refractivity contribution in [1.29, 1.82) is 0 Å². The number of rotatable bonds is 3. The second-order valence-electron chi connectivity index (χ2n) is 4.01. The van der Waals surface area contributed by atoms with Gasteiger partial charge in [0.25, 0.3) is 0 Å². The number of fused-ring (bicyclic) bond motifs is 1. The lowest BCUT2D eigenvalue weighted by Gasteiger charge is -2.19. The van der Waals surface area contributed by atoms with Crippen LogP contribution in [0.3, 0.4) is 0 Å². The average molecular weight is 226 g/mol. The van der Waals surface area contributed by atoms with Crippen LogP contribution in [0.4, 0.5) is 0 Å². The first-order chi connectivity index (χ1) is 8.20. The van der Waals surface area contributed by atoms with Crippen LogP contribution in [0.25, 0.3) is 0 Å². The van der Waals surface area contributed by atoms with Crippen LogP contribution in [-0.4, -0.2) is 11.6 Å². The Hall–Kier alpha value is -1.96. The first-order valence-electron chi connectivity index (χ1n) is 5.72. The average Bonchev–Trinajstić information content (AvgIpc) is 2.36. The van der Waals surface area contributed by atoms with Gasteiger partial charge in [-0.15, -0.1) is 6.58 Å². The molecule has 0 fully saturated rings. The number of carbonyl (C=O) groups excluding carboxylic acids is 2. The number of Topliss-reactive ketones (excluding diaryl/α,β-unsaturated/α-hetero) is 2. The third-order valence-electron chi connectivity index (χ3n) is 3.03. The maximum Gasteiger partial charge on any atom is 0.190 e. The van der Waals surface area contributed by atoms with Crippen molar-refractivity contribution in [2.24, 2.45) is 0 Å². The van der Waals surface area contributed by atoms with Gasteiger partial charge in [-0.3, -0.25) is 9.59 Å². The van der Waals surface area contributed by atoms with Crippen molar-refractivity contribution in [3.8, 4) is 0 Å². The summed E-state index contributed by atoms with van der Waals surface area (Å²) in [4.78, 5) is 24.5. The van der Waals surface area contributed by atoms with Crippen LogP contribution in [0.1, 0.15) is 40.5 Å². The summed E-state index contributed by atoms with van der Waals surface area (Å²) in [5.74, 6) is -0.0449. The van der Waals surface area contributed by atoms with Gasteiger partial charge in [0.1, 0.15) is 0 Å². The van der Waals surface area contributed by atoms with E-state index in [1.165, 1.54) is 0 Å². The second kappa shape index (κ2) is 4.50. The van der Waals surface area contributed by atoms with E-state index in [1.807, 2.05) is 6.92 Å². The van der Waals surface area contributed by atoms with Crippen molar-refractivity contribution in [1.82, 2.24) is 0 Å². The molecule has 0 aliphatic heterocycles. The van der Waals surface area contributed by atoms with Gasteiger partial charge in [-0.2, -0.15) is 0 Å². The number of benzene rings is 1. The second-order valence-corrected chi connectivity index (χ2v) is 4.01. The molecule has 86 valence electrons. The lowest BCUT2D eigenvalue weighted by molar-refractivity contribution is 0.0970. The molecule has 1 aliphatic carbocycles. The Morgan fingerprint density at radius 1 is 1.06 bits per heavy atom. The van der Waals surface area contributed by atoms with Gasteiger partial charge in [0, 0.05) is 22.3 Å². The van der Waals surface area contributed by atoms with Crippen LogP contribution in [0.2, 0.25) is 0 Å². The molecule has 17 heavy (non-hydrogen) atoms. The zero-order chi connectivity index (χ0) is 12.4. The van der Waals surface area contributed by atoms with Crippen molar-refractivity contribution in [3.05, 3.63) is 59.2 Å². The zero-order valence-corrected chi connectivity index (χ0v) is 9.82. The minimum atomic E-state index is -0.0306. The molecule has 1 aromatic rings. The minimum absolute atomic E-state index is 0.0143. The molecule has 2 heteroatoms. The van der Waals surface area contributed by atoms with E-state index in [4.69, 9.17) is 0 Å². The fourth-order valence-electron chi connectivity index (χ4n) is 2.21. The molecule has 0 amide bonds. The van der Waals surface area contributed by atoms with Gasteiger partial charge < -0.3 is 0 Å². The molecule has 0 heterocycles. The number of hydrogen-bond acceptors (Lipinski definition) is 2. The summed E-state index contributed by atoms with van der Waals surface area (Å²) in [5, 5.41) is 0. The van der Waals surface area contributed by atoms with Gasteiger partial charge in [-0.05, 0) is 12.8 Å². The quantitative estimate of drug-likeness (QED) is 0.741. The molecular weight excluding hydrogens is 212 g/mol. The third-order valence-corrected chi connectivity index (χ3v) is 3.03. The van der Waals surface area contributed by atoms with Gasteiger partial charge >= 0.3 is 0 Å². The Bertz CT molecular complexity index is 536. The lowest BCUT2D eigenvalue weighted by Crippen LogP contribution is -2.21.